The van der Waals surface area contributed by atoms with E-state index in [0.29, 0.717) is 36.9 Å². The van der Waals surface area contributed by atoms with E-state index < -0.39 is 4.92 Å². The summed E-state index contributed by atoms with van der Waals surface area (Å²) in [5.41, 5.74) is 1.85. The van der Waals surface area contributed by atoms with Gasteiger partial charge in [0.15, 0.2) is 5.17 Å². The normalized spacial score (nSPS) is 17.0. The standard InChI is InChI=1S/C17H11Cl2N3O3S/c1-9-6-12(22(24)25)4-5-14(9)20-17-21-16(23)15(26-17)7-10-2-3-11(18)8-13(10)19/h2-8H,1H3,(H,20,21,23)/b15-7+. The molecule has 0 saturated carbocycles. The Hall–Kier alpha value is -2.35. The van der Waals surface area contributed by atoms with E-state index in [2.05, 4.69) is 10.3 Å². The maximum atomic E-state index is 12.1. The molecule has 0 radical (unpaired) electrons. The molecule has 1 heterocycles. The zero-order valence-electron chi connectivity index (χ0n) is 13.3. The number of benzene rings is 2. The zero-order chi connectivity index (χ0) is 18.8. The second-order valence-corrected chi connectivity index (χ2v) is 7.25. The van der Waals surface area contributed by atoms with Crippen molar-refractivity contribution in [3.8, 4) is 0 Å². The van der Waals surface area contributed by atoms with Gasteiger partial charge in [-0.15, -0.1) is 0 Å². The van der Waals surface area contributed by atoms with Crippen LogP contribution in [0.3, 0.4) is 0 Å². The van der Waals surface area contributed by atoms with Gasteiger partial charge in [0.25, 0.3) is 11.6 Å². The van der Waals surface area contributed by atoms with Gasteiger partial charge in [0.2, 0.25) is 0 Å². The topological polar surface area (TPSA) is 84.6 Å². The molecule has 6 nitrogen and oxygen atoms in total. The van der Waals surface area contributed by atoms with Crippen LogP contribution in [0.2, 0.25) is 10.0 Å². The second-order valence-electron chi connectivity index (χ2n) is 5.38. The highest BCUT2D eigenvalue weighted by atomic mass is 35.5. The maximum absolute atomic E-state index is 12.1. The molecule has 2 aromatic carbocycles. The maximum Gasteiger partial charge on any atom is 0.269 e. The van der Waals surface area contributed by atoms with E-state index >= 15 is 0 Å². The highest BCUT2D eigenvalue weighted by molar-refractivity contribution is 8.18. The molecule has 0 spiro atoms. The average Bonchev–Trinajstić information content (AvgIpc) is 2.91. The van der Waals surface area contributed by atoms with E-state index in [1.165, 1.54) is 23.9 Å². The predicted octanol–water partition coefficient (Wildman–Crippen LogP) is 5.10. The minimum Gasteiger partial charge on any atom is -0.300 e. The molecule has 0 aliphatic carbocycles. The second kappa shape index (κ2) is 7.49. The molecule has 0 bridgehead atoms. The number of hydrogen-bond acceptors (Lipinski definition) is 5. The van der Waals surface area contributed by atoms with Gasteiger partial charge in [-0.25, -0.2) is 4.99 Å². The molecule has 1 saturated heterocycles. The Morgan fingerprint density at radius 3 is 2.65 bits per heavy atom. The number of non-ortho nitro benzene ring substituents is 1. The van der Waals surface area contributed by atoms with E-state index in [1.807, 2.05) is 0 Å². The fraction of sp³-hybridized carbons (Fsp3) is 0.0588. The molecule has 132 valence electrons. The first-order chi connectivity index (χ1) is 12.3. The molecule has 0 atom stereocenters. The van der Waals surface area contributed by atoms with Crippen molar-refractivity contribution in [1.82, 2.24) is 5.32 Å². The average molecular weight is 408 g/mol. The van der Waals surface area contributed by atoms with Gasteiger partial charge in [-0.2, -0.15) is 0 Å². The Morgan fingerprint density at radius 1 is 1.23 bits per heavy atom. The summed E-state index contributed by atoms with van der Waals surface area (Å²) >= 11 is 13.2. The van der Waals surface area contributed by atoms with Crippen molar-refractivity contribution in [3.63, 3.8) is 0 Å². The number of hydrogen-bond donors (Lipinski definition) is 1. The van der Waals surface area contributed by atoms with Crippen molar-refractivity contribution in [2.45, 2.75) is 6.92 Å². The Morgan fingerprint density at radius 2 is 2.00 bits per heavy atom. The summed E-state index contributed by atoms with van der Waals surface area (Å²) in [5, 5.41) is 14.8. The number of thioether (sulfide) groups is 1. The number of amidine groups is 1. The molecule has 1 aliphatic rings. The first-order valence-corrected chi connectivity index (χ1v) is 8.90. The van der Waals surface area contributed by atoms with Gasteiger partial charge in [0.1, 0.15) is 0 Å². The van der Waals surface area contributed by atoms with Gasteiger partial charge in [-0.3, -0.25) is 14.9 Å². The summed E-state index contributed by atoms with van der Waals surface area (Å²) in [4.78, 5) is 27.3. The number of nitrogens with zero attached hydrogens (tertiary/aromatic N) is 2. The Labute approximate surface area is 163 Å². The summed E-state index contributed by atoms with van der Waals surface area (Å²) in [6.07, 6.45) is 1.66. The first kappa shape index (κ1) is 18.4. The number of carbonyl (C=O) groups is 1. The molecule has 1 amide bonds. The van der Waals surface area contributed by atoms with Gasteiger partial charge in [0, 0.05) is 22.2 Å². The molecular weight excluding hydrogens is 397 g/mol. The minimum absolute atomic E-state index is 0.00692. The highest BCUT2D eigenvalue weighted by Gasteiger charge is 2.24. The number of halogens is 2. The van der Waals surface area contributed by atoms with E-state index in [4.69, 9.17) is 23.2 Å². The number of carbonyl (C=O) groups excluding carboxylic acids is 1. The summed E-state index contributed by atoms with van der Waals surface area (Å²) in [7, 11) is 0. The molecule has 1 fully saturated rings. The third-order valence-electron chi connectivity index (χ3n) is 3.51. The number of nitro groups is 1. The number of aryl methyl sites for hydroxylation is 1. The van der Waals surface area contributed by atoms with Gasteiger partial charge in [-0.05, 0) is 54.1 Å². The van der Waals surface area contributed by atoms with Crippen LogP contribution < -0.4 is 5.32 Å². The first-order valence-electron chi connectivity index (χ1n) is 7.33. The van der Waals surface area contributed by atoms with E-state index in [9.17, 15) is 14.9 Å². The van der Waals surface area contributed by atoms with Gasteiger partial charge in [-0.1, -0.05) is 29.3 Å². The predicted molar refractivity (Wildman–Crippen MR) is 105 cm³/mol. The van der Waals surface area contributed by atoms with Crippen molar-refractivity contribution in [2.24, 2.45) is 4.99 Å². The molecule has 1 aliphatic heterocycles. The van der Waals surface area contributed by atoms with Crippen LogP contribution in [-0.4, -0.2) is 16.0 Å². The van der Waals surface area contributed by atoms with Crippen molar-refractivity contribution in [2.75, 3.05) is 0 Å². The fourth-order valence-electron chi connectivity index (χ4n) is 2.23. The Kier molecular flexibility index (Phi) is 5.31. The third-order valence-corrected chi connectivity index (χ3v) is 4.99. The van der Waals surface area contributed by atoms with Crippen LogP contribution in [0.1, 0.15) is 11.1 Å². The lowest BCUT2D eigenvalue weighted by atomic mass is 10.2. The van der Waals surface area contributed by atoms with Gasteiger partial charge >= 0.3 is 0 Å². The number of rotatable bonds is 3. The summed E-state index contributed by atoms with van der Waals surface area (Å²) in [6, 6.07) is 9.37. The molecule has 26 heavy (non-hydrogen) atoms. The van der Waals surface area contributed by atoms with Crippen LogP contribution >= 0.6 is 35.0 Å². The smallest absolute Gasteiger partial charge is 0.269 e. The van der Waals surface area contributed by atoms with E-state index in [1.54, 1.807) is 37.3 Å². The van der Waals surface area contributed by atoms with Crippen molar-refractivity contribution >= 4 is 63.5 Å². The lowest BCUT2D eigenvalue weighted by Gasteiger charge is -2.01. The molecular formula is C17H11Cl2N3O3S. The van der Waals surface area contributed by atoms with Crippen LogP contribution in [-0.2, 0) is 4.79 Å². The summed E-state index contributed by atoms with van der Waals surface area (Å²) < 4.78 is 0. The molecule has 1 N–H and O–H groups in total. The quantitative estimate of drug-likeness (QED) is 0.435. The Bertz CT molecular complexity index is 989. The van der Waals surface area contributed by atoms with Crippen LogP contribution in [0.5, 0.6) is 0 Å². The van der Waals surface area contributed by atoms with E-state index in [-0.39, 0.29) is 11.6 Å². The van der Waals surface area contributed by atoms with Gasteiger partial charge in [0.05, 0.1) is 15.5 Å². The van der Waals surface area contributed by atoms with Crippen LogP contribution in [0.4, 0.5) is 11.4 Å². The lowest BCUT2D eigenvalue weighted by molar-refractivity contribution is -0.384. The lowest BCUT2D eigenvalue weighted by Crippen LogP contribution is -2.19. The molecule has 9 heteroatoms. The zero-order valence-corrected chi connectivity index (χ0v) is 15.7. The third kappa shape index (κ3) is 4.07. The van der Waals surface area contributed by atoms with E-state index in [0.717, 1.165) is 0 Å². The van der Waals surface area contributed by atoms with Crippen molar-refractivity contribution in [3.05, 3.63) is 72.6 Å². The van der Waals surface area contributed by atoms with Crippen LogP contribution in [0.25, 0.3) is 6.08 Å². The molecule has 2 aromatic rings. The summed E-state index contributed by atoms with van der Waals surface area (Å²) in [5.74, 6) is -0.292. The SMILES string of the molecule is Cc1cc([N+](=O)[O-])ccc1N=C1NC(=O)/C(=C\c2ccc(Cl)cc2Cl)S1. The molecule has 3 rings (SSSR count). The molecule has 0 aromatic heterocycles. The number of aliphatic imine (C=N–C) groups is 1. The summed E-state index contributed by atoms with van der Waals surface area (Å²) in [6.45, 7) is 1.72. The number of nitrogens with one attached hydrogen (secondary N) is 1. The highest BCUT2D eigenvalue weighted by Crippen LogP contribution is 2.32. The van der Waals surface area contributed by atoms with Crippen LogP contribution in [0, 0.1) is 17.0 Å². The van der Waals surface area contributed by atoms with Gasteiger partial charge < -0.3 is 5.32 Å². The fourth-order valence-corrected chi connectivity index (χ4v) is 3.52. The Balaban J connectivity index is 1.86. The molecule has 0 unspecified atom stereocenters. The van der Waals surface area contributed by atoms with Crippen LogP contribution in [0.15, 0.2) is 46.3 Å². The number of amides is 1. The van der Waals surface area contributed by atoms with Crippen molar-refractivity contribution in [1.29, 1.82) is 0 Å². The number of nitro benzene ring substituents is 1. The monoisotopic (exact) mass is 407 g/mol. The van der Waals surface area contributed by atoms with Crippen molar-refractivity contribution < 1.29 is 9.72 Å². The largest absolute Gasteiger partial charge is 0.300 e. The minimum atomic E-state index is -0.466.